The lowest BCUT2D eigenvalue weighted by atomic mass is 9.37. The van der Waals surface area contributed by atoms with Gasteiger partial charge in [0.25, 0.3) is 6.71 Å². The van der Waals surface area contributed by atoms with Crippen LogP contribution in [0.2, 0.25) is 0 Å². The highest BCUT2D eigenvalue weighted by atomic mass is 15.3. The third-order valence-corrected chi connectivity index (χ3v) is 16.3. The Balaban J connectivity index is 1.09. The zero-order valence-corrected chi connectivity index (χ0v) is 43.8. The SMILES string of the molecule is Cc1cc(C)c(B(c2nc(-n3c4ccccc4c4cc5c(cc43)c3ccccc3n5-c3ccccc3)nc(-n3c4ccccc4c4cc5c(cc43)c3ccccc3n5-c3ccccc3)n2)c2c(C)cc(C)cc2C)c(C)c1. The van der Waals surface area contributed by atoms with Crippen LogP contribution >= 0.6 is 0 Å². The lowest BCUT2D eigenvalue weighted by Gasteiger charge is -2.24. The molecule has 366 valence electrons. The van der Waals surface area contributed by atoms with Gasteiger partial charge in [0.15, 0.2) is 0 Å². The number of rotatable bonds is 7. The molecule has 15 aromatic rings. The van der Waals surface area contributed by atoms with Crippen molar-refractivity contribution in [3.8, 4) is 23.3 Å². The molecule has 10 aromatic carbocycles. The minimum absolute atomic E-state index is 0.330. The van der Waals surface area contributed by atoms with Crippen molar-refractivity contribution < 1.29 is 0 Å². The molecule has 0 aliphatic carbocycles. The van der Waals surface area contributed by atoms with Gasteiger partial charge in [-0.1, -0.05) is 178 Å². The van der Waals surface area contributed by atoms with Crippen LogP contribution in [-0.2, 0) is 0 Å². The average Bonchev–Trinajstić information content (AvgIpc) is 4.16. The molecule has 0 radical (unpaired) electrons. The fraction of sp³-hybridized carbons (Fsp3) is 0.0870. The Morgan fingerprint density at radius 3 is 0.896 bits per heavy atom. The van der Waals surface area contributed by atoms with Crippen LogP contribution in [0.25, 0.3) is 110 Å². The molecule has 0 unspecified atom stereocenters. The summed E-state index contributed by atoms with van der Waals surface area (Å²) in [5.74, 6) is 1.12. The summed E-state index contributed by atoms with van der Waals surface area (Å²) < 4.78 is 9.39. The molecule has 0 saturated heterocycles. The summed E-state index contributed by atoms with van der Waals surface area (Å²) in [7, 11) is 0. The van der Waals surface area contributed by atoms with Crippen molar-refractivity contribution in [1.82, 2.24) is 33.2 Å². The van der Waals surface area contributed by atoms with Gasteiger partial charge < -0.3 is 9.13 Å². The lowest BCUT2D eigenvalue weighted by Crippen LogP contribution is -2.58. The molecular formula is C69H52BN7. The second-order valence-corrected chi connectivity index (χ2v) is 21.2. The Morgan fingerprint density at radius 1 is 0.273 bits per heavy atom. The molecule has 77 heavy (non-hydrogen) atoms. The summed E-state index contributed by atoms with van der Waals surface area (Å²) >= 11 is 0. The van der Waals surface area contributed by atoms with E-state index in [1.54, 1.807) is 0 Å². The van der Waals surface area contributed by atoms with Crippen LogP contribution in [0.1, 0.15) is 33.4 Å². The number of nitrogens with zero attached hydrogens (tertiary/aromatic N) is 7. The molecular weight excluding hydrogens is 938 g/mol. The summed E-state index contributed by atoms with van der Waals surface area (Å²) in [6.45, 7) is 13.0. The van der Waals surface area contributed by atoms with E-state index in [1.165, 1.54) is 55.1 Å². The normalized spacial score (nSPS) is 12.0. The molecule has 0 spiro atoms. The molecule has 0 atom stereocenters. The monoisotopic (exact) mass is 989 g/mol. The molecule has 0 amide bonds. The van der Waals surface area contributed by atoms with Gasteiger partial charge in [-0.2, -0.15) is 4.98 Å². The molecule has 0 aliphatic heterocycles. The minimum Gasteiger partial charge on any atom is -0.309 e. The molecule has 0 N–H and O–H groups in total. The van der Waals surface area contributed by atoms with Gasteiger partial charge in [-0.05, 0) is 114 Å². The Labute approximate surface area is 446 Å². The second kappa shape index (κ2) is 17.0. The number of aryl methyl sites for hydroxylation is 6. The van der Waals surface area contributed by atoms with Crippen LogP contribution in [0.4, 0.5) is 0 Å². The topological polar surface area (TPSA) is 58.4 Å². The molecule has 5 aromatic heterocycles. The highest BCUT2D eigenvalue weighted by Gasteiger charge is 2.34. The molecule has 5 heterocycles. The molecule has 0 saturated carbocycles. The van der Waals surface area contributed by atoms with Crippen molar-refractivity contribution in [2.75, 3.05) is 0 Å². The van der Waals surface area contributed by atoms with E-state index < -0.39 is 0 Å². The average molecular weight is 990 g/mol. The Kier molecular flexibility index (Phi) is 9.92. The zero-order valence-electron chi connectivity index (χ0n) is 43.8. The van der Waals surface area contributed by atoms with Crippen molar-refractivity contribution >= 4 is 111 Å². The third-order valence-electron chi connectivity index (χ3n) is 16.3. The summed E-state index contributed by atoms with van der Waals surface area (Å²) in [6.07, 6.45) is 0. The number of aromatic nitrogens is 7. The van der Waals surface area contributed by atoms with Crippen LogP contribution < -0.4 is 16.6 Å². The smallest absolute Gasteiger partial charge is 0.291 e. The fourth-order valence-corrected chi connectivity index (χ4v) is 13.4. The maximum absolute atomic E-state index is 5.85. The zero-order chi connectivity index (χ0) is 51.8. The third kappa shape index (κ3) is 6.74. The quantitative estimate of drug-likeness (QED) is 0.150. The summed E-state index contributed by atoms with van der Waals surface area (Å²) in [6, 6.07) is 75.1. The largest absolute Gasteiger partial charge is 0.309 e. The van der Waals surface area contributed by atoms with Crippen LogP contribution in [0.15, 0.2) is 206 Å². The predicted molar refractivity (Wildman–Crippen MR) is 323 cm³/mol. The van der Waals surface area contributed by atoms with Gasteiger partial charge in [-0.3, -0.25) is 9.13 Å². The van der Waals surface area contributed by atoms with Crippen LogP contribution in [-0.4, -0.2) is 39.9 Å². The summed E-state index contributed by atoms with van der Waals surface area (Å²) in [5, 5.41) is 9.18. The van der Waals surface area contributed by atoms with Crippen molar-refractivity contribution in [2.24, 2.45) is 0 Å². The van der Waals surface area contributed by atoms with Gasteiger partial charge in [0.05, 0.1) is 44.1 Å². The van der Waals surface area contributed by atoms with E-state index in [1.807, 2.05) is 0 Å². The summed E-state index contributed by atoms with van der Waals surface area (Å²) in [5.41, 5.74) is 21.3. The van der Waals surface area contributed by atoms with Gasteiger partial charge in [-0.25, -0.2) is 9.97 Å². The van der Waals surface area contributed by atoms with E-state index in [4.69, 9.17) is 15.0 Å². The molecule has 0 aliphatic rings. The lowest BCUT2D eigenvalue weighted by molar-refractivity contribution is 0.905. The van der Waals surface area contributed by atoms with Crippen LogP contribution in [0, 0.1) is 41.5 Å². The van der Waals surface area contributed by atoms with E-state index in [9.17, 15) is 0 Å². The fourth-order valence-electron chi connectivity index (χ4n) is 13.4. The van der Waals surface area contributed by atoms with E-state index in [0.717, 1.165) is 87.8 Å². The number of fused-ring (bicyclic) bond motifs is 12. The second-order valence-electron chi connectivity index (χ2n) is 21.2. The van der Waals surface area contributed by atoms with Gasteiger partial charge in [0.2, 0.25) is 11.9 Å². The number of hydrogen-bond donors (Lipinski definition) is 0. The Morgan fingerprint density at radius 2 is 0.558 bits per heavy atom. The van der Waals surface area contributed by atoms with Gasteiger partial charge in [-0.15, -0.1) is 0 Å². The maximum Gasteiger partial charge on any atom is 0.291 e. The van der Waals surface area contributed by atoms with Gasteiger partial charge in [0.1, 0.15) is 5.72 Å². The Hall–Kier alpha value is -9.53. The first kappa shape index (κ1) is 44.9. The molecule has 0 fully saturated rings. The molecule has 7 nitrogen and oxygen atoms in total. The van der Waals surface area contributed by atoms with Crippen LogP contribution in [0.5, 0.6) is 0 Å². The molecule has 0 bridgehead atoms. The van der Waals surface area contributed by atoms with E-state index in [2.05, 4.69) is 266 Å². The number of para-hydroxylation sites is 6. The molecule has 8 heteroatoms. The standard InChI is InChI=1S/C69H52BN7/c1-41-33-43(3)65(44(4)34-41)70(66-45(5)35-42(2)36-46(66)6)67-71-68(76-59-31-19-15-27-51(59)55-37-61-53(39-63(55)76)49-25-13-17-29-57(49)74(61)47-21-9-7-10-22-47)73-69(72-67)77-60-32-20-16-28-52(60)56-38-62-54(40-64(56)77)50-26-14-18-30-58(50)75(62)48-23-11-8-12-24-48/h7-40H,1-6H3. The van der Waals surface area contributed by atoms with Crippen molar-refractivity contribution in [3.63, 3.8) is 0 Å². The first-order valence-corrected chi connectivity index (χ1v) is 26.6. The first-order valence-electron chi connectivity index (χ1n) is 26.6. The maximum atomic E-state index is 5.85. The Bertz CT molecular complexity index is 4590. The minimum atomic E-state index is -0.330. The van der Waals surface area contributed by atoms with Crippen molar-refractivity contribution in [3.05, 3.63) is 240 Å². The number of benzene rings is 10. The van der Waals surface area contributed by atoms with E-state index >= 15 is 0 Å². The van der Waals surface area contributed by atoms with Gasteiger partial charge >= 0.3 is 0 Å². The van der Waals surface area contributed by atoms with E-state index in [-0.39, 0.29) is 6.71 Å². The van der Waals surface area contributed by atoms with E-state index in [0.29, 0.717) is 17.6 Å². The summed E-state index contributed by atoms with van der Waals surface area (Å²) in [4.78, 5) is 17.5. The highest BCUT2D eigenvalue weighted by molar-refractivity contribution is 6.95. The van der Waals surface area contributed by atoms with Gasteiger partial charge in [0, 0.05) is 54.5 Å². The predicted octanol–water partition coefficient (Wildman–Crippen LogP) is 14.6. The number of hydrogen-bond acceptors (Lipinski definition) is 3. The van der Waals surface area contributed by atoms with Crippen LogP contribution in [0.3, 0.4) is 0 Å². The van der Waals surface area contributed by atoms with Crippen molar-refractivity contribution in [2.45, 2.75) is 41.5 Å². The first-order chi connectivity index (χ1) is 37.7. The van der Waals surface area contributed by atoms with Crippen molar-refractivity contribution in [1.29, 1.82) is 0 Å². The highest BCUT2D eigenvalue weighted by Crippen LogP contribution is 2.41. The molecule has 15 rings (SSSR count).